The highest BCUT2D eigenvalue weighted by Gasteiger charge is 2.54. The van der Waals surface area contributed by atoms with E-state index >= 15 is 0 Å². The maximum absolute atomic E-state index is 13.1. The first-order chi connectivity index (χ1) is 12.1. The molecule has 0 aromatic heterocycles. The Bertz CT molecular complexity index is 780. The molecule has 1 unspecified atom stereocenters. The van der Waals surface area contributed by atoms with Gasteiger partial charge in [-0.05, 0) is 17.7 Å². The van der Waals surface area contributed by atoms with E-state index in [-0.39, 0.29) is 19.8 Å². The summed E-state index contributed by atoms with van der Waals surface area (Å²) in [7, 11) is -4.12. The minimum atomic E-state index is -4.87. The lowest BCUT2D eigenvalue weighted by atomic mass is 10.0. The third kappa shape index (κ3) is 3.69. The normalized spacial score (nSPS) is 28.9. The first-order valence-electron chi connectivity index (χ1n) is 7.69. The van der Waals surface area contributed by atoms with Gasteiger partial charge in [0.25, 0.3) is 5.91 Å². The molecule has 0 bridgehead atoms. The molecule has 0 aliphatic carbocycles. The van der Waals surface area contributed by atoms with E-state index in [4.69, 9.17) is 4.74 Å². The number of halogens is 4. The fourth-order valence-corrected chi connectivity index (χ4v) is 4.78. The Hall–Kier alpha value is -1.72. The van der Waals surface area contributed by atoms with Crippen molar-refractivity contribution in [3.05, 3.63) is 35.6 Å². The lowest BCUT2D eigenvalue weighted by Crippen LogP contribution is -2.55. The summed E-state index contributed by atoms with van der Waals surface area (Å²) in [5, 5.41) is 0. The van der Waals surface area contributed by atoms with Crippen molar-refractivity contribution in [3.8, 4) is 0 Å². The van der Waals surface area contributed by atoms with Gasteiger partial charge in [-0.1, -0.05) is 12.1 Å². The predicted octanol–water partition coefficient (Wildman–Crippen LogP) is 1.43. The summed E-state index contributed by atoms with van der Waals surface area (Å²) in [5.41, 5.74) is 0.471. The third-order valence-corrected chi connectivity index (χ3v) is 6.06. The Kier molecular flexibility index (Phi) is 4.97. The van der Waals surface area contributed by atoms with E-state index in [1.54, 1.807) is 0 Å². The molecular formula is C15H15F4NO5S. The van der Waals surface area contributed by atoms with E-state index < -0.39 is 51.8 Å². The monoisotopic (exact) mass is 397 g/mol. The van der Waals surface area contributed by atoms with Crippen LogP contribution in [0.2, 0.25) is 0 Å². The average Bonchev–Trinajstić information content (AvgIpc) is 2.89. The number of carbonyl (C=O) groups excluding carboxylic acids is 1. The molecule has 3 atom stereocenters. The van der Waals surface area contributed by atoms with Crippen LogP contribution in [-0.2, 0) is 24.3 Å². The number of nitrogens with zero attached hydrogens (tertiary/aromatic N) is 1. The highest BCUT2D eigenvalue weighted by molar-refractivity contribution is 7.89. The molecule has 144 valence electrons. The maximum Gasteiger partial charge on any atom is 0.417 e. The summed E-state index contributed by atoms with van der Waals surface area (Å²) in [6, 6.07) is 5.04. The van der Waals surface area contributed by atoms with Crippen LogP contribution in [0, 0.1) is 5.82 Å². The summed E-state index contributed by atoms with van der Waals surface area (Å²) in [6.07, 6.45) is -9.48. The number of alkyl halides is 3. The third-order valence-electron chi connectivity index (χ3n) is 4.24. The number of benzene rings is 1. The number of ether oxygens (including phenoxy) is 2. The molecule has 0 N–H and O–H groups in total. The van der Waals surface area contributed by atoms with Crippen molar-refractivity contribution in [2.45, 2.75) is 24.3 Å². The molecule has 2 aliphatic rings. The summed E-state index contributed by atoms with van der Waals surface area (Å²) in [5.74, 6) is -2.95. The molecule has 3 rings (SSSR count). The number of sulfonamides is 1. The molecule has 1 aromatic carbocycles. The van der Waals surface area contributed by atoms with Gasteiger partial charge in [-0.2, -0.15) is 13.2 Å². The van der Waals surface area contributed by atoms with Crippen LogP contribution in [0.4, 0.5) is 17.6 Å². The molecule has 2 fully saturated rings. The van der Waals surface area contributed by atoms with Gasteiger partial charge in [0, 0.05) is 12.5 Å². The molecule has 1 amide bonds. The lowest BCUT2D eigenvalue weighted by Gasteiger charge is -2.33. The van der Waals surface area contributed by atoms with E-state index in [1.807, 2.05) is 0 Å². The van der Waals surface area contributed by atoms with E-state index in [0.29, 0.717) is 9.87 Å². The minimum Gasteiger partial charge on any atom is -0.363 e. The van der Waals surface area contributed by atoms with Crippen molar-refractivity contribution in [1.82, 2.24) is 4.31 Å². The fraction of sp³-hybridized carbons (Fsp3) is 0.533. The van der Waals surface area contributed by atoms with E-state index in [9.17, 15) is 30.8 Å². The first-order valence-corrected chi connectivity index (χ1v) is 9.30. The lowest BCUT2D eigenvalue weighted by molar-refractivity contribution is -0.273. The zero-order valence-electron chi connectivity index (χ0n) is 13.3. The molecule has 6 nitrogen and oxygen atoms in total. The average molecular weight is 397 g/mol. The second kappa shape index (κ2) is 6.78. The van der Waals surface area contributed by atoms with Crippen LogP contribution in [0.3, 0.4) is 0 Å². The quantitative estimate of drug-likeness (QED) is 0.706. The second-order valence-corrected chi connectivity index (χ2v) is 7.96. The number of hydrogen-bond donors (Lipinski definition) is 0. The van der Waals surface area contributed by atoms with Gasteiger partial charge in [0.05, 0.1) is 19.0 Å². The van der Waals surface area contributed by atoms with Crippen molar-refractivity contribution in [3.63, 3.8) is 0 Å². The van der Waals surface area contributed by atoms with Gasteiger partial charge in [0.2, 0.25) is 10.0 Å². The molecule has 2 heterocycles. The largest absolute Gasteiger partial charge is 0.417 e. The van der Waals surface area contributed by atoms with Crippen molar-refractivity contribution in [2.75, 3.05) is 25.5 Å². The van der Waals surface area contributed by atoms with Gasteiger partial charge < -0.3 is 9.47 Å². The van der Waals surface area contributed by atoms with E-state index in [0.717, 1.165) is 12.1 Å². The SMILES string of the molecule is O=C([C@@H]1OCCO[C@@H]1C(F)(F)F)N1CC(c2ccc(F)cc2)CS1(=O)=O. The summed E-state index contributed by atoms with van der Waals surface area (Å²) in [4.78, 5) is 12.5. The van der Waals surface area contributed by atoms with Gasteiger partial charge in [0.15, 0.2) is 12.2 Å². The van der Waals surface area contributed by atoms with E-state index in [2.05, 4.69) is 4.74 Å². The fourth-order valence-electron chi connectivity index (χ4n) is 3.01. The van der Waals surface area contributed by atoms with E-state index in [1.165, 1.54) is 12.1 Å². The summed E-state index contributed by atoms with van der Waals surface area (Å²) < 4.78 is 86.7. The topological polar surface area (TPSA) is 72.9 Å². The first kappa shape index (κ1) is 19.1. The Morgan fingerprint density at radius 1 is 1.12 bits per heavy atom. The zero-order valence-corrected chi connectivity index (χ0v) is 14.1. The number of amides is 1. The maximum atomic E-state index is 13.1. The molecule has 1 aromatic rings. The Balaban J connectivity index is 1.83. The molecule has 11 heteroatoms. The molecule has 26 heavy (non-hydrogen) atoms. The summed E-state index contributed by atoms with van der Waals surface area (Å²) >= 11 is 0. The van der Waals surface area contributed by atoms with Gasteiger partial charge in [-0.25, -0.2) is 17.1 Å². The van der Waals surface area contributed by atoms with Crippen molar-refractivity contribution in [2.24, 2.45) is 0 Å². The van der Waals surface area contributed by atoms with Crippen LogP contribution in [0.5, 0.6) is 0 Å². The number of carbonyl (C=O) groups is 1. The minimum absolute atomic E-state index is 0.252. The Labute approximate surface area is 146 Å². The molecular weight excluding hydrogens is 382 g/mol. The van der Waals surface area contributed by atoms with Crippen LogP contribution in [0.1, 0.15) is 11.5 Å². The van der Waals surface area contributed by atoms with Crippen LogP contribution in [0.15, 0.2) is 24.3 Å². The molecule has 0 spiro atoms. The highest BCUT2D eigenvalue weighted by atomic mass is 32.2. The second-order valence-electron chi connectivity index (χ2n) is 6.02. The zero-order chi connectivity index (χ0) is 19.1. The molecule has 2 saturated heterocycles. The van der Waals surface area contributed by atoms with Crippen molar-refractivity contribution >= 4 is 15.9 Å². The van der Waals surface area contributed by atoms with Crippen LogP contribution < -0.4 is 0 Å². The molecule has 0 saturated carbocycles. The van der Waals surface area contributed by atoms with Crippen LogP contribution in [0.25, 0.3) is 0 Å². The summed E-state index contributed by atoms with van der Waals surface area (Å²) in [6.45, 7) is -0.936. The van der Waals surface area contributed by atoms with Crippen LogP contribution >= 0.6 is 0 Å². The standard InChI is InChI=1S/C15H15F4NO5S/c16-11-3-1-9(2-4-11)10-7-20(26(22,23)8-10)14(21)12-13(15(17,18)19)25-6-5-24-12/h1-4,10,12-13H,5-8H2/t10?,12-,13+/m1/s1. The van der Waals surface area contributed by atoms with Crippen molar-refractivity contribution in [1.29, 1.82) is 0 Å². The molecule has 2 aliphatic heterocycles. The van der Waals surface area contributed by atoms with Gasteiger partial charge in [-0.15, -0.1) is 0 Å². The Morgan fingerprint density at radius 3 is 2.35 bits per heavy atom. The van der Waals surface area contributed by atoms with Crippen molar-refractivity contribution < 1.29 is 40.2 Å². The Morgan fingerprint density at radius 2 is 1.73 bits per heavy atom. The van der Waals surface area contributed by atoms with Crippen LogP contribution in [-0.4, -0.2) is 62.5 Å². The smallest absolute Gasteiger partial charge is 0.363 e. The number of hydrogen-bond acceptors (Lipinski definition) is 5. The van der Waals surface area contributed by atoms with Gasteiger partial charge >= 0.3 is 6.18 Å². The predicted molar refractivity (Wildman–Crippen MR) is 80.2 cm³/mol. The van der Waals surface area contributed by atoms with Gasteiger partial charge in [0.1, 0.15) is 5.82 Å². The molecule has 0 radical (unpaired) electrons. The van der Waals surface area contributed by atoms with Gasteiger partial charge in [-0.3, -0.25) is 4.79 Å². The number of rotatable bonds is 2. The highest BCUT2D eigenvalue weighted by Crippen LogP contribution is 2.33.